The number of thiophene rings is 1. The lowest BCUT2D eigenvalue weighted by Crippen LogP contribution is -2.37. The molecule has 0 aliphatic carbocycles. The molecule has 5 nitrogen and oxygen atoms in total. The van der Waals surface area contributed by atoms with Crippen molar-refractivity contribution in [3.05, 3.63) is 21.9 Å². The Hall–Kier alpha value is -0.910. The molecular formula is C13H20N2O3S2. The third-order valence-corrected chi connectivity index (χ3v) is 4.30. The van der Waals surface area contributed by atoms with E-state index in [4.69, 9.17) is 5.11 Å². The molecule has 1 heterocycles. The van der Waals surface area contributed by atoms with Crippen LogP contribution >= 0.6 is 11.3 Å². The van der Waals surface area contributed by atoms with Crippen LogP contribution in [0.2, 0.25) is 0 Å². The topological polar surface area (TPSA) is 78.4 Å². The van der Waals surface area contributed by atoms with Crippen molar-refractivity contribution in [1.29, 1.82) is 0 Å². The summed E-state index contributed by atoms with van der Waals surface area (Å²) in [6, 6.07) is 1.85. The van der Waals surface area contributed by atoms with E-state index in [9.17, 15) is 8.42 Å². The summed E-state index contributed by atoms with van der Waals surface area (Å²) in [7, 11) is -3.48. The maximum absolute atomic E-state index is 11.7. The number of aliphatic hydroxyl groups excluding tert-OH is 1. The fourth-order valence-electron chi connectivity index (χ4n) is 1.29. The van der Waals surface area contributed by atoms with E-state index in [1.54, 1.807) is 0 Å². The molecule has 112 valence electrons. The van der Waals surface area contributed by atoms with Crippen LogP contribution in [0.1, 0.15) is 30.7 Å². The number of aliphatic hydroxyl groups is 1. The molecule has 0 fully saturated rings. The molecule has 0 spiro atoms. The Morgan fingerprint density at radius 2 is 2.15 bits per heavy atom. The standard InChI is InChI=1S/C13H20N2O3S2/c1-11(2)9-14-20(17,18)15-10-13-12(6-8-19-13)5-3-4-7-16/h6,8,11,14-16H,4,7,9-10H2,1-2H3. The van der Waals surface area contributed by atoms with Gasteiger partial charge >= 0.3 is 0 Å². The van der Waals surface area contributed by atoms with Crippen molar-refractivity contribution >= 4 is 21.5 Å². The summed E-state index contributed by atoms with van der Waals surface area (Å²) in [5, 5.41) is 10.5. The molecule has 0 saturated carbocycles. The quantitative estimate of drug-likeness (QED) is 0.658. The lowest BCUT2D eigenvalue weighted by Gasteiger charge is -2.09. The third-order valence-electron chi connectivity index (χ3n) is 2.31. The average Bonchev–Trinajstić information content (AvgIpc) is 2.82. The van der Waals surface area contributed by atoms with Gasteiger partial charge in [-0.25, -0.2) is 4.72 Å². The minimum atomic E-state index is -3.48. The van der Waals surface area contributed by atoms with Gasteiger partial charge in [-0.05, 0) is 17.4 Å². The van der Waals surface area contributed by atoms with Crippen LogP contribution in [0.5, 0.6) is 0 Å². The molecular weight excluding hydrogens is 296 g/mol. The summed E-state index contributed by atoms with van der Waals surface area (Å²) < 4.78 is 28.4. The minimum Gasteiger partial charge on any atom is -0.395 e. The first-order valence-corrected chi connectivity index (χ1v) is 8.71. The number of hydrogen-bond donors (Lipinski definition) is 3. The van der Waals surface area contributed by atoms with Crippen LogP contribution in [0.4, 0.5) is 0 Å². The van der Waals surface area contributed by atoms with Crippen molar-refractivity contribution in [3.8, 4) is 11.8 Å². The molecule has 0 unspecified atom stereocenters. The minimum absolute atomic E-state index is 0.0260. The van der Waals surface area contributed by atoms with Crippen LogP contribution in [0.15, 0.2) is 11.4 Å². The normalized spacial score (nSPS) is 11.4. The van der Waals surface area contributed by atoms with Crippen LogP contribution in [-0.4, -0.2) is 26.7 Å². The maximum atomic E-state index is 11.7. The Kier molecular flexibility index (Phi) is 7.19. The van der Waals surface area contributed by atoms with Crippen molar-refractivity contribution in [2.75, 3.05) is 13.2 Å². The van der Waals surface area contributed by atoms with Crippen molar-refractivity contribution in [2.24, 2.45) is 5.92 Å². The molecule has 0 atom stereocenters. The highest BCUT2D eigenvalue weighted by molar-refractivity contribution is 7.87. The lowest BCUT2D eigenvalue weighted by atomic mass is 10.2. The molecule has 0 aliphatic heterocycles. The third kappa shape index (κ3) is 6.50. The zero-order valence-corrected chi connectivity index (χ0v) is 13.3. The molecule has 7 heteroatoms. The molecule has 0 bridgehead atoms. The van der Waals surface area contributed by atoms with Gasteiger partial charge in [0.1, 0.15) is 0 Å². The summed E-state index contributed by atoms with van der Waals surface area (Å²) in [5.74, 6) is 6.01. The zero-order chi connectivity index (χ0) is 15.0. The largest absolute Gasteiger partial charge is 0.395 e. The van der Waals surface area contributed by atoms with Gasteiger partial charge in [-0.1, -0.05) is 25.7 Å². The Morgan fingerprint density at radius 3 is 2.80 bits per heavy atom. The second-order valence-electron chi connectivity index (χ2n) is 4.60. The van der Waals surface area contributed by atoms with Gasteiger partial charge in [0.05, 0.1) is 6.61 Å². The smallest absolute Gasteiger partial charge is 0.277 e. The first-order chi connectivity index (χ1) is 9.44. The van der Waals surface area contributed by atoms with E-state index in [0.717, 1.165) is 10.4 Å². The van der Waals surface area contributed by atoms with Gasteiger partial charge in [0.25, 0.3) is 10.2 Å². The fraction of sp³-hybridized carbons (Fsp3) is 0.538. The van der Waals surface area contributed by atoms with Gasteiger partial charge in [0, 0.05) is 30.0 Å². The van der Waals surface area contributed by atoms with Crippen LogP contribution in [0.25, 0.3) is 0 Å². The average molecular weight is 316 g/mol. The van der Waals surface area contributed by atoms with E-state index in [1.165, 1.54) is 11.3 Å². The van der Waals surface area contributed by atoms with Gasteiger partial charge in [-0.3, -0.25) is 0 Å². The summed E-state index contributed by atoms with van der Waals surface area (Å²) in [5.41, 5.74) is 0.801. The van der Waals surface area contributed by atoms with Crippen LogP contribution in [0, 0.1) is 17.8 Å². The number of hydrogen-bond acceptors (Lipinski definition) is 4. The summed E-state index contributed by atoms with van der Waals surface area (Å²) in [6.45, 7) is 4.53. The van der Waals surface area contributed by atoms with E-state index in [-0.39, 0.29) is 19.1 Å². The molecule has 0 radical (unpaired) electrons. The second-order valence-corrected chi connectivity index (χ2v) is 7.18. The zero-order valence-electron chi connectivity index (χ0n) is 11.6. The highest BCUT2D eigenvalue weighted by Crippen LogP contribution is 2.15. The predicted molar refractivity (Wildman–Crippen MR) is 81.5 cm³/mol. The van der Waals surface area contributed by atoms with Gasteiger partial charge in [-0.2, -0.15) is 13.1 Å². The number of rotatable bonds is 7. The maximum Gasteiger partial charge on any atom is 0.277 e. The number of nitrogens with one attached hydrogen (secondary N) is 2. The monoisotopic (exact) mass is 316 g/mol. The Bertz CT molecular complexity index is 568. The van der Waals surface area contributed by atoms with Crippen LogP contribution < -0.4 is 9.44 Å². The molecule has 1 rings (SSSR count). The van der Waals surface area contributed by atoms with Gasteiger partial charge < -0.3 is 5.11 Å². The van der Waals surface area contributed by atoms with Crippen molar-refractivity contribution in [3.63, 3.8) is 0 Å². The SMILES string of the molecule is CC(C)CNS(=O)(=O)NCc1sccc1C#CCCO. The van der Waals surface area contributed by atoms with E-state index in [2.05, 4.69) is 21.3 Å². The van der Waals surface area contributed by atoms with Crippen LogP contribution in [0.3, 0.4) is 0 Å². The second kappa shape index (κ2) is 8.39. The molecule has 0 aliphatic rings. The molecule has 0 saturated heterocycles. The highest BCUT2D eigenvalue weighted by Gasteiger charge is 2.11. The first-order valence-electron chi connectivity index (χ1n) is 6.35. The molecule has 1 aromatic heterocycles. The van der Waals surface area contributed by atoms with Crippen molar-refractivity contribution in [1.82, 2.24) is 9.44 Å². The summed E-state index contributed by atoms with van der Waals surface area (Å²) in [4.78, 5) is 0.866. The Morgan fingerprint density at radius 1 is 1.40 bits per heavy atom. The van der Waals surface area contributed by atoms with E-state index < -0.39 is 10.2 Å². The summed E-state index contributed by atoms with van der Waals surface area (Å²) >= 11 is 1.45. The van der Waals surface area contributed by atoms with Crippen LogP contribution in [-0.2, 0) is 16.8 Å². The predicted octanol–water partition coefficient (Wildman–Crippen LogP) is 1.06. The van der Waals surface area contributed by atoms with E-state index >= 15 is 0 Å². The molecule has 1 aromatic rings. The van der Waals surface area contributed by atoms with Gasteiger partial charge in [0.15, 0.2) is 0 Å². The first kappa shape index (κ1) is 17.1. The van der Waals surface area contributed by atoms with E-state index in [1.807, 2.05) is 25.3 Å². The molecule has 20 heavy (non-hydrogen) atoms. The molecule has 0 amide bonds. The van der Waals surface area contributed by atoms with Crippen molar-refractivity contribution in [2.45, 2.75) is 26.8 Å². The lowest BCUT2D eigenvalue weighted by molar-refractivity contribution is 0.305. The Labute approximate surface area is 124 Å². The van der Waals surface area contributed by atoms with Gasteiger partial charge in [-0.15, -0.1) is 11.3 Å². The van der Waals surface area contributed by atoms with Gasteiger partial charge in [0.2, 0.25) is 0 Å². The summed E-state index contributed by atoms with van der Waals surface area (Å²) in [6.07, 6.45) is 0.414. The van der Waals surface area contributed by atoms with E-state index in [0.29, 0.717) is 13.0 Å². The Balaban J connectivity index is 2.58. The van der Waals surface area contributed by atoms with Crippen molar-refractivity contribution < 1.29 is 13.5 Å². The fourth-order valence-corrected chi connectivity index (χ4v) is 3.14. The molecule has 0 aromatic carbocycles. The highest BCUT2D eigenvalue weighted by atomic mass is 32.2. The molecule has 3 N–H and O–H groups in total.